The predicted octanol–water partition coefficient (Wildman–Crippen LogP) is 4.36. The predicted molar refractivity (Wildman–Crippen MR) is 80.0 cm³/mol. The molecule has 0 aliphatic rings. The monoisotopic (exact) mass is 280 g/mol. The normalized spacial score (nSPS) is 11.1. The van der Waals surface area contributed by atoms with E-state index in [0.29, 0.717) is 12.5 Å². The van der Waals surface area contributed by atoms with Crippen molar-refractivity contribution < 1.29 is 4.74 Å². The lowest BCUT2D eigenvalue weighted by Crippen LogP contribution is -2.02. The van der Waals surface area contributed by atoms with Gasteiger partial charge >= 0.3 is 0 Å². The number of halogens is 1. The Bertz CT molecular complexity index is 536. The van der Waals surface area contributed by atoms with E-state index in [1.165, 1.54) is 12.8 Å². The summed E-state index contributed by atoms with van der Waals surface area (Å²) >= 11 is 6.02. The van der Waals surface area contributed by atoms with E-state index < -0.39 is 0 Å². The van der Waals surface area contributed by atoms with Crippen molar-refractivity contribution in [1.29, 1.82) is 0 Å². The van der Waals surface area contributed by atoms with Crippen LogP contribution < -0.4 is 4.74 Å². The maximum atomic E-state index is 6.02. The van der Waals surface area contributed by atoms with E-state index in [0.717, 1.165) is 35.6 Å². The van der Waals surface area contributed by atoms with Gasteiger partial charge in [0.15, 0.2) is 0 Å². The van der Waals surface area contributed by atoms with Crippen LogP contribution in [0.3, 0.4) is 0 Å². The van der Waals surface area contributed by atoms with Crippen LogP contribution in [0.2, 0.25) is 0 Å². The molecule has 0 atom stereocenters. The number of fused-ring (bicyclic) bond motifs is 1. The van der Waals surface area contributed by atoms with Crippen molar-refractivity contribution in [1.82, 2.24) is 9.55 Å². The highest BCUT2D eigenvalue weighted by atomic mass is 35.5. The number of alkyl halides is 1. The molecule has 1 heterocycles. The van der Waals surface area contributed by atoms with Crippen molar-refractivity contribution in [2.75, 3.05) is 6.61 Å². The highest BCUT2D eigenvalue weighted by Gasteiger charge is 2.13. The first-order chi connectivity index (χ1) is 9.31. The summed E-state index contributed by atoms with van der Waals surface area (Å²) in [5, 5.41) is 0. The lowest BCUT2D eigenvalue weighted by Gasteiger charge is -2.07. The number of aryl methyl sites for hydroxylation is 1. The van der Waals surface area contributed by atoms with Gasteiger partial charge in [0.1, 0.15) is 17.1 Å². The Kier molecular flexibility index (Phi) is 5.08. The molecule has 0 saturated carbocycles. The van der Waals surface area contributed by atoms with Gasteiger partial charge in [0.05, 0.1) is 18.0 Å². The summed E-state index contributed by atoms with van der Waals surface area (Å²) in [7, 11) is 0. The summed E-state index contributed by atoms with van der Waals surface area (Å²) in [5.41, 5.74) is 2.05. The Morgan fingerprint density at radius 3 is 2.79 bits per heavy atom. The van der Waals surface area contributed by atoms with Crippen LogP contribution >= 0.6 is 11.6 Å². The standard InChI is InChI=1S/C15H21ClN2O/c1-3-5-6-10-18-12-8-7-9-13(19-4-2)15(12)17-14(18)11-16/h7-9H,3-6,10-11H2,1-2H3. The molecule has 3 nitrogen and oxygen atoms in total. The topological polar surface area (TPSA) is 27.1 Å². The van der Waals surface area contributed by atoms with Crippen molar-refractivity contribution in [3.8, 4) is 5.75 Å². The number of hydrogen-bond donors (Lipinski definition) is 0. The van der Waals surface area contributed by atoms with Gasteiger partial charge in [-0.2, -0.15) is 0 Å². The second kappa shape index (κ2) is 6.80. The largest absolute Gasteiger partial charge is 0.492 e. The van der Waals surface area contributed by atoms with Crippen LogP contribution in [0.1, 0.15) is 38.9 Å². The summed E-state index contributed by atoms with van der Waals surface area (Å²) in [4.78, 5) is 4.63. The van der Waals surface area contributed by atoms with Gasteiger partial charge in [0, 0.05) is 6.54 Å². The molecular weight excluding hydrogens is 260 g/mol. The Morgan fingerprint density at radius 1 is 1.26 bits per heavy atom. The number of imidazole rings is 1. The zero-order chi connectivity index (χ0) is 13.7. The van der Waals surface area contributed by atoms with Crippen LogP contribution in [-0.2, 0) is 12.4 Å². The fourth-order valence-corrected chi connectivity index (χ4v) is 2.52. The average Bonchev–Trinajstić information content (AvgIpc) is 2.79. The number of hydrogen-bond acceptors (Lipinski definition) is 2. The molecule has 0 aliphatic carbocycles. The van der Waals surface area contributed by atoms with E-state index >= 15 is 0 Å². The Balaban J connectivity index is 2.40. The van der Waals surface area contributed by atoms with Gasteiger partial charge in [0.25, 0.3) is 0 Å². The van der Waals surface area contributed by atoms with Gasteiger partial charge in [-0.1, -0.05) is 25.8 Å². The van der Waals surface area contributed by atoms with Crippen LogP contribution in [0, 0.1) is 0 Å². The molecule has 2 rings (SSSR count). The maximum Gasteiger partial charge on any atom is 0.147 e. The van der Waals surface area contributed by atoms with E-state index in [-0.39, 0.29) is 0 Å². The molecular formula is C15H21ClN2O. The summed E-state index contributed by atoms with van der Waals surface area (Å²) < 4.78 is 7.86. The Labute approximate surface area is 119 Å². The van der Waals surface area contributed by atoms with Crippen molar-refractivity contribution in [3.05, 3.63) is 24.0 Å². The third-order valence-electron chi connectivity index (χ3n) is 3.23. The lowest BCUT2D eigenvalue weighted by molar-refractivity contribution is 0.343. The fraction of sp³-hybridized carbons (Fsp3) is 0.533. The number of rotatable bonds is 7. The Morgan fingerprint density at radius 2 is 2.11 bits per heavy atom. The maximum absolute atomic E-state index is 6.02. The summed E-state index contributed by atoms with van der Waals surface area (Å²) in [6.45, 7) is 5.82. The minimum absolute atomic E-state index is 0.437. The molecule has 1 aromatic carbocycles. The zero-order valence-electron chi connectivity index (χ0n) is 11.7. The van der Waals surface area contributed by atoms with Crippen LogP contribution in [0.15, 0.2) is 18.2 Å². The number of benzene rings is 1. The molecule has 0 radical (unpaired) electrons. The van der Waals surface area contributed by atoms with Gasteiger partial charge in [-0.05, 0) is 25.5 Å². The smallest absolute Gasteiger partial charge is 0.147 e. The second-order valence-corrected chi connectivity index (χ2v) is 4.84. The van der Waals surface area contributed by atoms with E-state index in [9.17, 15) is 0 Å². The van der Waals surface area contributed by atoms with Crippen molar-refractivity contribution in [3.63, 3.8) is 0 Å². The summed E-state index contributed by atoms with van der Waals surface area (Å²) in [6, 6.07) is 6.07. The lowest BCUT2D eigenvalue weighted by atomic mass is 10.2. The van der Waals surface area contributed by atoms with Crippen LogP contribution in [0.5, 0.6) is 5.75 Å². The highest BCUT2D eigenvalue weighted by Crippen LogP contribution is 2.27. The van der Waals surface area contributed by atoms with Crippen LogP contribution in [-0.4, -0.2) is 16.2 Å². The molecule has 0 N–H and O–H groups in total. The quantitative estimate of drug-likeness (QED) is 0.556. The molecule has 0 aliphatic heterocycles. The number of ether oxygens (including phenoxy) is 1. The van der Waals surface area contributed by atoms with Gasteiger partial charge in [-0.3, -0.25) is 0 Å². The molecule has 1 aromatic heterocycles. The minimum atomic E-state index is 0.437. The molecule has 4 heteroatoms. The highest BCUT2D eigenvalue weighted by molar-refractivity contribution is 6.16. The first-order valence-corrected chi connectivity index (χ1v) is 7.52. The Hall–Kier alpha value is -1.22. The van der Waals surface area contributed by atoms with E-state index in [1.807, 2.05) is 19.1 Å². The van der Waals surface area contributed by atoms with Crippen molar-refractivity contribution >= 4 is 22.6 Å². The molecule has 104 valence electrons. The summed E-state index contributed by atoms with van der Waals surface area (Å²) in [6.07, 6.45) is 3.60. The number of nitrogens with zero attached hydrogens (tertiary/aromatic N) is 2. The molecule has 0 fully saturated rings. The van der Waals surface area contributed by atoms with Crippen LogP contribution in [0.4, 0.5) is 0 Å². The van der Waals surface area contributed by atoms with Gasteiger partial charge in [-0.15, -0.1) is 11.6 Å². The van der Waals surface area contributed by atoms with Gasteiger partial charge in [0.2, 0.25) is 0 Å². The molecule has 19 heavy (non-hydrogen) atoms. The molecule has 0 unspecified atom stereocenters. The molecule has 2 aromatic rings. The van der Waals surface area contributed by atoms with Crippen molar-refractivity contribution in [2.24, 2.45) is 0 Å². The number of unbranched alkanes of at least 4 members (excludes halogenated alkanes) is 2. The third-order valence-corrected chi connectivity index (χ3v) is 3.46. The third kappa shape index (κ3) is 3.03. The van der Waals surface area contributed by atoms with E-state index in [4.69, 9.17) is 16.3 Å². The van der Waals surface area contributed by atoms with E-state index in [1.54, 1.807) is 0 Å². The summed E-state index contributed by atoms with van der Waals surface area (Å²) in [5.74, 6) is 2.22. The van der Waals surface area contributed by atoms with E-state index in [2.05, 4.69) is 22.5 Å². The fourth-order valence-electron chi connectivity index (χ4n) is 2.31. The SMILES string of the molecule is CCCCCn1c(CCl)nc2c(OCC)cccc21. The first-order valence-electron chi connectivity index (χ1n) is 6.98. The molecule has 0 bridgehead atoms. The molecule has 0 spiro atoms. The van der Waals surface area contributed by atoms with Gasteiger partial charge < -0.3 is 9.30 Å². The zero-order valence-corrected chi connectivity index (χ0v) is 12.4. The number of aromatic nitrogens is 2. The first kappa shape index (κ1) is 14.2. The molecule has 0 saturated heterocycles. The minimum Gasteiger partial charge on any atom is -0.492 e. The number of para-hydroxylation sites is 1. The van der Waals surface area contributed by atoms with Gasteiger partial charge in [-0.25, -0.2) is 4.98 Å². The van der Waals surface area contributed by atoms with Crippen molar-refractivity contribution in [2.45, 2.75) is 45.5 Å². The second-order valence-electron chi connectivity index (χ2n) is 4.58. The van der Waals surface area contributed by atoms with Crippen LogP contribution in [0.25, 0.3) is 11.0 Å². The molecule has 0 amide bonds. The average molecular weight is 281 g/mol.